The Kier molecular flexibility index (Phi) is 5.83. The second-order valence-electron chi connectivity index (χ2n) is 10.1. The van der Waals surface area contributed by atoms with Crippen LogP contribution in [0.2, 0.25) is 0 Å². The van der Waals surface area contributed by atoms with Crippen molar-refractivity contribution in [1.29, 1.82) is 0 Å². The molecule has 0 spiro atoms. The number of ketones is 1. The molecule has 3 atom stereocenters. The van der Waals surface area contributed by atoms with Gasteiger partial charge in [0, 0.05) is 48.1 Å². The molecule has 0 saturated carbocycles. The second kappa shape index (κ2) is 9.21. The van der Waals surface area contributed by atoms with E-state index in [-0.39, 0.29) is 29.6 Å². The normalized spacial score (nSPS) is 19.7. The molecule has 1 amide bonds. The molecule has 5 heterocycles. The van der Waals surface area contributed by atoms with E-state index in [2.05, 4.69) is 15.0 Å². The number of anilines is 2. The van der Waals surface area contributed by atoms with E-state index in [4.69, 9.17) is 10.7 Å². The Balaban J connectivity index is 1.42. The molecule has 38 heavy (non-hydrogen) atoms. The molecule has 0 radical (unpaired) electrons. The third-order valence-corrected chi connectivity index (χ3v) is 7.56. The number of benzene rings is 1. The molecule has 1 aromatic carbocycles. The number of carbonyl (C=O) groups excluding carboxylic acids is 2. The standard InChI is InChI=1S/C28H29N7O3/c1-16(36)24-25(29)35-26(22(13-31-35)19-8-11-23(30-12-19)18-6-4-3-5-7-18)32-27(24)34-20-9-10-21(34)15-33(14-20)28(38)17(2)37/h3-8,11-13,17,20-21,37H,9-10,14-15,29H2,1-2H3/t17-,20?,21?/m1/s1. The molecule has 2 bridgehead atoms. The molecule has 10 nitrogen and oxygen atoms in total. The molecule has 2 aliphatic rings. The topological polar surface area (TPSA) is 130 Å². The van der Waals surface area contributed by atoms with Crippen molar-refractivity contribution in [2.24, 2.45) is 0 Å². The fourth-order valence-electron chi connectivity index (χ4n) is 5.76. The number of likely N-dealkylation sites (tertiary alicyclic amines) is 1. The number of piperazine rings is 1. The molecule has 10 heteroatoms. The van der Waals surface area contributed by atoms with Crippen LogP contribution in [0.5, 0.6) is 0 Å². The van der Waals surface area contributed by atoms with Gasteiger partial charge in [-0.05, 0) is 32.8 Å². The Bertz CT molecular complexity index is 1520. The number of fused-ring (bicyclic) bond motifs is 3. The largest absolute Gasteiger partial charge is 0.384 e. The number of amides is 1. The second-order valence-corrected chi connectivity index (χ2v) is 10.1. The molecule has 6 rings (SSSR count). The van der Waals surface area contributed by atoms with Crippen LogP contribution >= 0.6 is 0 Å². The minimum Gasteiger partial charge on any atom is -0.384 e. The lowest BCUT2D eigenvalue weighted by Gasteiger charge is -2.42. The maximum absolute atomic E-state index is 12.8. The maximum atomic E-state index is 12.8. The summed E-state index contributed by atoms with van der Waals surface area (Å²) in [6.07, 6.45) is 4.15. The van der Waals surface area contributed by atoms with Crippen LogP contribution in [0.15, 0.2) is 54.9 Å². The van der Waals surface area contributed by atoms with Crippen LogP contribution < -0.4 is 10.6 Å². The quantitative estimate of drug-likeness (QED) is 0.391. The number of nitrogen functional groups attached to an aromatic ring is 1. The fourth-order valence-corrected chi connectivity index (χ4v) is 5.76. The highest BCUT2D eigenvalue weighted by Crippen LogP contribution is 2.39. The number of nitrogens with zero attached hydrogens (tertiary/aromatic N) is 6. The van der Waals surface area contributed by atoms with Gasteiger partial charge in [-0.2, -0.15) is 9.61 Å². The van der Waals surface area contributed by atoms with Gasteiger partial charge in [0.2, 0.25) is 0 Å². The number of aliphatic hydroxyl groups is 1. The summed E-state index contributed by atoms with van der Waals surface area (Å²) in [6, 6.07) is 13.8. The summed E-state index contributed by atoms with van der Waals surface area (Å²) < 4.78 is 1.51. The Morgan fingerprint density at radius 1 is 1.03 bits per heavy atom. The van der Waals surface area contributed by atoms with Gasteiger partial charge in [0.1, 0.15) is 23.3 Å². The van der Waals surface area contributed by atoms with Crippen molar-refractivity contribution >= 4 is 29.0 Å². The Morgan fingerprint density at radius 3 is 2.34 bits per heavy atom. The lowest BCUT2D eigenvalue weighted by Crippen LogP contribution is -2.57. The van der Waals surface area contributed by atoms with Crippen LogP contribution in [0.4, 0.5) is 11.6 Å². The van der Waals surface area contributed by atoms with Gasteiger partial charge in [-0.3, -0.25) is 14.6 Å². The number of rotatable bonds is 5. The Labute approximate surface area is 219 Å². The number of aromatic nitrogens is 4. The highest BCUT2D eigenvalue weighted by atomic mass is 16.3. The highest BCUT2D eigenvalue weighted by molar-refractivity contribution is 6.04. The number of aliphatic hydroxyl groups excluding tert-OH is 1. The van der Waals surface area contributed by atoms with Gasteiger partial charge in [0.15, 0.2) is 11.4 Å². The minimum absolute atomic E-state index is 0.0258. The number of hydrogen-bond acceptors (Lipinski definition) is 8. The van der Waals surface area contributed by atoms with Crippen LogP contribution in [0.1, 0.15) is 37.0 Å². The molecule has 3 aromatic heterocycles. The van der Waals surface area contributed by atoms with Crippen LogP contribution in [0.3, 0.4) is 0 Å². The molecular formula is C28H29N7O3. The molecule has 3 N–H and O–H groups in total. The molecule has 2 saturated heterocycles. The summed E-state index contributed by atoms with van der Waals surface area (Å²) >= 11 is 0. The van der Waals surface area contributed by atoms with Gasteiger partial charge in [-0.15, -0.1) is 0 Å². The summed E-state index contributed by atoms with van der Waals surface area (Å²) in [5, 5.41) is 14.3. The summed E-state index contributed by atoms with van der Waals surface area (Å²) in [5.41, 5.74) is 10.9. The SMILES string of the molecule is CC(=O)c1c(N2C3CCC2CN(C(=O)[C@@H](C)O)C3)nc2c(-c3ccc(-c4ccccc4)nc3)cnn2c1N. The number of pyridine rings is 1. The molecular weight excluding hydrogens is 482 g/mol. The van der Waals surface area contributed by atoms with Crippen molar-refractivity contribution in [2.75, 3.05) is 23.7 Å². The smallest absolute Gasteiger partial charge is 0.251 e. The van der Waals surface area contributed by atoms with E-state index < -0.39 is 6.10 Å². The van der Waals surface area contributed by atoms with E-state index in [0.29, 0.717) is 30.1 Å². The number of Topliss-reactive ketones (excluding diaryl/α,β-unsaturated/α-hetero) is 1. The van der Waals surface area contributed by atoms with E-state index in [1.165, 1.54) is 18.4 Å². The summed E-state index contributed by atoms with van der Waals surface area (Å²) in [6.45, 7) is 3.89. The number of nitrogens with two attached hydrogens (primary N) is 1. The van der Waals surface area contributed by atoms with Crippen LogP contribution in [-0.2, 0) is 4.79 Å². The highest BCUT2D eigenvalue weighted by Gasteiger charge is 2.44. The average Bonchev–Trinajstić information content (AvgIpc) is 3.46. The van der Waals surface area contributed by atoms with E-state index in [0.717, 1.165) is 35.2 Å². The molecule has 4 aromatic rings. The van der Waals surface area contributed by atoms with Crippen molar-refractivity contribution in [3.63, 3.8) is 0 Å². The summed E-state index contributed by atoms with van der Waals surface area (Å²) in [5.74, 6) is 0.287. The van der Waals surface area contributed by atoms with Crippen molar-refractivity contribution in [3.8, 4) is 22.4 Å². The Hall–Kier alpha value is -4.31. The van der Waals surface area contributed by atoms with Gasteiger partial charge in [-0.1, -0.05) is 36.4 Å². The van der Waals surface area contributed by atoms with Crippen molar-refractivity contribution in [2.45, 2.75) is 44.9 Å². The van der Waals surface area contributed by atoms with Gasteiger partial charge >= 0.3 is 0 Å². The zero-order valence-corrected chi connectivity index (χ0v) is 21.3. The van der Waals surface area contributed by atoms with Crippen molar-refractivity contribution < 1.29 is 14.7 Å². The predicted molar refractivity (Wildman–Crippen MR) is 144 cm³/mol. The van der Waals surface area contributed by atoms with Crippen LogP contribution in [-0.4, -0.2) is 72.6 Å². The molecule has 2 aliphatic heterocycles. The first-order valence-electron chi connectivity index (χ1n) is 12.8. The summed E-state index contributed by atoms with van der Waals surface area (Å²) in [7, 11) is 0. The predicted octanol–water partition coefficient (Wildman–Crippen LogP) is 2.80. The number of hydrogen-bond donors (Lipinski definition) is 2. The lowest BCUT2D eigenvalue weighted by molar-refractivity contribution is -0.140. The monoisotopic (exact) mass is 511 g/mol. The Morgan fingerprint density at radius 2 is 1.74 bits per heavy atom. The number of carbonyl (C=O) groups is 2. The van der Waals surface area contributed by atoms with E-state index in [1.54, 1.807) is 17.3 Å². The maximum Gasteiger partial charge on any atom is 0.251 e. The van der Waals surface area contributed by atoms with Crippen LogP contribution in [0.25, 0.3) is 28.0 Å². The first-order valence-corrected chi connectivity index (χ1v) is 12.8. The first-order chi connectivity index (χ1) is 18.3. The van der Waals surface area contributed by atoms with E-state index >= 15 is 0 Å². The van der Waals surface area contributed by atoms with Crippen molar-refractivity contribution in [1.82, 2.24) is 24.5 Å². The third-order valence-electron chi connectivity index (χ3n) is 7.56. The van der Waals surface area contributed by atoms with Crippen LogP contribution in [0, 0.1) is 0 Å². The van der Waals surface area contributed by atoms with Gasteiger partial charge in [0.05, 0.1) is 11.9 Å². The van der Waals surface area contributed by atoms with Crippen molar-refractivity contribution in [3.05, 3.63) is 60.4 Å². The third kappa shape index (κ3) is 3.88. The summed E-state index contributed by atoms with van der Waals surface area (Å²) in [4.78, 5) is 38.8. The molecule has 0 aliphatic carbocycles. The molecule has 2 fully saturated rings. The zero-order valence-electron chi connectivity index (χ0n) is 21.3. The first kappa shape index (κ1) is 24.1. The van der Waals surface area contributed by atoms with E-state index in [9.17, 15) is 14.7 Å². The fraction of sp³-hybridized carbons (Fsp3) is 0.321. The van der Waals surface area contributed by atoms with Gasteiger partial charge in [0.25, 0.3) is 5.91 Å². The zero-order chi connectivity index (χ0) is 26.6. The van der Waals surface area contributed by atoms with Gasteiger partial charge in [-0.25, -0.2) is 4.98 Å². The average molecular weight is 512 g/mol. The molecule has 194 valence electrons. The minimum atomic E-state index is -1.05. The van der Waals surface area contributed by atoms with Gasteiger partial charge < -0.3 is 20.6 Å². The lowest BCUT2D eigenvalue weighted by atomic mass is 10.1. The molecule has 2 unspecified atom stereocenters. The van der Waals surface area contributed by atoms with E-state index in [1.807, 2.05) is 42.5 Å².